The molecule has 0 N–H and O–H groups in total. The molecule has 4 heteroatoms. The number of hydrogen-bond acceptors (Lipinski definition) is 3. The maximum absolute atomic E-state index is 12.3. The Bertz CT molecular complexity index is 508. The number of amides is 1. The first-order valence-corrected chi connectivity index (χ1v) is 7.76. The smallest absolute Gasteiger partial charge is 0.222 e. The molecular weight excluding hydrogens is 264 g/mol. The first-order chi connectivity index (χ1) is 10.0. The molecule has 1 fully saturated rings. The fourth-order valence-electron chi connectivity index (χ4n) is 3.16. The molecule has 21 heavy (non-hydrogen) atoms. The lowest BCUT2D eigenvalue weighted by Gasteiger charge is -2.21. The number of methoxy groups -OCH3 is 1. The van der Waals surface area contributed by atoms with Crippen molar-refractivity contribution in [3.05, 3.63) is 23.0 Å². The summed E-state index contributed by atoms with van der Waals surface area (Å²) in [5, 5.41) is 0. The van der Waals surface area contributed by atoms with Gasteiger partial charge in [-0.2, -0.15) is 0 Å². The highest BCUT2D eigenvalue weighted by Crippen LogP contribution is 2.28. The van der Waals surface area contributed by atoms with Gasteiger partial charge >= 0.3 is 0 Å². The Morgan fingerprint density at radius 2 is 2.05 bits per heavy atom. The number of pyridine rings is 1. The third-order valence-electron chi connectivity index (χ3n) is 4.50. The summed E-state index contributed by atoms with van der Waals surface area (Å²) in [6.45, 7) is 4.54. The van der Waals surface area contributed by atoms with Gasteiger partial charge in [-0.3, -0.25) is 9.78 Å². The van der Waals surface area contributed by atoms with E-state index < -0.39 is 0 Å². The van der Waals surface area contributed by atoms with Crippen LogP contribution in [0.25, 0.3) is 0 Å². The van der Waals surface area contributed by atoms with Crippen LogP contribution in [0.3, 0.4) is 0 Å². The second-order valence-electron chi connectivity index (χ2n) is 6.15. The number of carbonyl (C=O) groups is 1. The lowest BCUT2D eigenvalue weighted by atomic mass is 10.0. The number of carbonyl (C=O) groups excluding carboxylic acids is 1. The number of ether oxygens (including phenoxy) is 1. The fourth-order valence-corrected chi connectivity index (χ4v) is 3.16. The monoisotopic (exact) mass is 290 g/mol. The van der Waals surface area contributed by atoms with E-state index in [9.17, 15) is 4.79 Å². The van der Waals surface area contributed by atoms with Crippen molar-refractivity contribution in [2.24, 2.45) is 5.92 Å². The third-order valence-corrected chi connectivity index (χ3v) is 4.50. The second-order valence-corrected chi connectivity index (χ2v) is 6.15. The molecule has 0 spiro atoms. The molecule has 0 bridgehead atoms. The molecule has 0 aromatic carbocycles. The van der Waals surface area contributed by atoms with Crippen molar-refractivity contribution in [3.63, 3.8) is 0 Å². The highest BCUT2D eigenvalue weighted by atomic mass is 16.5. The van der Waals surface area contributed by atoms with Crippen LogP contribution < -0.4 is 4.74 Å². The van der Waals surface area contributed by atoms with Crippen LogP contribution in [0, 0.1) is 19.8 Å². The van der Waals surface area contributed by atoms with E-state index in [1.165, 1.54) is 25.7 Å². The minimum atomic E-state index is 0.225. The number of aryl methyl sites for hydroxylation is 1. The Morgan fingerprint density at radius 1 is 1.38 bits per heavy atom. The molecular formula is C17H26N2O2. The first-order valence-electron chi connectivity index (χ1n) is 7.76. The zero-order chi connectivity index (χ0) is 15.4. The molecule has 1 aliphatic carbocycles. The molecule has 0 radical (unpaired) electrons. The summed E-state index contributed by atoms with van der Waals surface area (Å²) in [4.78, 5) is 18.6. The highest BCUT2D eigenvalue weighted by molar-refractivity contribution is 5.76. The van der Waals surface area contributed by atoms with E-state index in [0.29, 0.717) is 18.9 Å². The molecule has 1 aromatic rings. The van der Waals surface area contributed by atoms with Crippen LogP contribution in [0.1, 0.15) is 48.9 Å². The Balaban J connectivity index is 2.01. The van der Waals surface area contributed by atoms with Gasteiger partial charge in [0.25, 0.3) is 0 Å². The van der Waals surface area contributed by atoms with Gasteiger partial charge in [0, 0.05) is 30.8 Å². The van der Waals surface area contributed by atoms with Crippen molar-refractivity contribution in [1.82, 2.24) is 9.88 Å². The lowest BCUT2D eigenvalue weighted by Crippen LogP contribution is -2.28. The predicted molar refractivity (Wildman–Crippen MR) is 83.3 cm³/mol. The molecule has 1 aromatic heterocycles. The van der Waals surface area contributed by atoms with Gasteiger partial charge in [-0.1, -0.05) is 12.8 Å². The van der Waals surface area contributed by atoms with Crippen LogP contribution in [-0.2, 0) is 11.3 Å². The van der Waals surface area contributed by atoms with Crippen LogP contribution in [-0.4, -0.2) is 29.9 Å². The molecule has 0 unspecified atom stereocenters. The SMILES string of the molecule is COc1c(C)cnc(CN(C)C(=O)CC2CCCC2)c1C. The first kappa shape index (κ1) is 15.8. The van der Waals surface area contributed by atoms with E-state index in [-0.39, 0.29) is 5.91 Å². The summed E-state index contributed by atoms with van der Waals surface area (Å²) in [5.74, 6) is 1.68. The van der Waals surface area contributed by atoms with E-state index in [1.807, 2.05) is 27.1 Å². The fraction of sp³-hybridized carbons (Fsp3) is 0.647. The topological polar surface area (TPSA) is 42.4 Å². The van der Waals surface area contributed by atoms with Crippen molar-refractivity contribution >= 4 is 5.91 Å². The molecule has 0 aliphatic heterocycles. The minimum Gasteiger partial charge on any atom is -0.496 e. The summed E-state index contributed by atoms with van der Waals surface area (Å²) in [7, 11) is 3.54. The third kappa shape index (κ3) is 3.74. The van der Waals surface area contributed by atoms with Gasteiger partial charge in [-0.25, -0.2) is 0 Å². The highest BCUT2D eigenvalue weighted by Gasteiger charge is 2.21. The molecule has 1 amide bonds. The van der Waals surface area contributed by atoms with Gasteiger partial charge in [0.1, 0.15) is 5.75 Å². The van der Waals surface area contributed by atoms with E-state index in [0.717, 1.165) is 22.6 Å². The normalized spacial score (nSPS) is 15.2. The molecule has 116 valence electrons. The molecule has 4 nitrogen and oxygen atoms in total. The van der Waals surface area contributed by atoms with Gasteiger partial charge in [-0.05, 0) is 32.6 Å². The predicted octanol–water partition coefficient (Wildman–Crippen LogP) is 3.25. The molecule has 1 aliphatic rings. The standard InChI is InChI=1S/C17H26N2O2/c1-12-10-18-15(13(2)17(12)21-4)11-19(3)16(20)9-14-7-5-6-8-14/h10,14H,5-9,11H2,1-4H3. The van der Waals surface area contributed by atoms with Crippen LogP contribution in [0.15, 0.2) is 6.20 Å². The summed E-state index contributed by atoms with van der Waals surface area (Å²) >= 11 is 0. The van der Waals surface area contributed by atoms with Gasteiger partial charge < -0.3 is 9.64 Å². The van der Waals surface area contributed by atoms with Crippen molar-refractivity contribution in [2.75, 3.05) is 14.2 Å². The van der Waals surface area contributed by atoms with Gasteiger partial charge in [0.2, 0.25) is 5.91 Å². The number of hydrogen-bond donors (Lipinski definition) is 0. The van der Waals surface area contributed by atoms with E-state index >= 15 is 0 Å². The van der Waals surface area contributed by atoms with Gasteiger partial charge in [0.05, 0.1) is 19.3 Å². The summed E-state index contributed by atoms with van der Waals surface area (Å²) in [6.07, 6.45) is 7.45. The molecule has 1 heterocycles. The Morgan fingerprint density at radius 3 is 2.67 bits per heavy atom. The van der Waals surface area contributed by atoms with Crippen LogP contribution in [0.5, 0.6) is 5.75 Å². The van der Waals surface area contributed by atoms with Gasteiger partial charge in [0.15, 0.2) is 0 Å². The van der Waals surface area contributed by atoms with Crippen molar-refractivity contribution in [1.29, 1.82) is 0 Å². The Kier molecular flexibility index (Phi) is 5.21. The zero-order valence-corrected chi connectivity index (χ0v) is 13.6. The van der Waals surface area contributed by atoms with Crippen LogP contribution in [0.2, 0.25) is 0 Å². The van der Waals surface area contributed by atoms with Crippen molar-refractivity contribution < 1.29 is 9.53 Å². The van der Waals surface area contributed by atoms with Crippen LogP contribution in [0.4, 0.5) is 0 Å². The summed E-state index contributed by atoms with van der Waals surface area (Å²) < 4.78 is 5.42. The van der Waals surface area contributed by atoms with E-state index in [2.05, 4.69) is 4.98 Å². The summed E-state index contributed by atoms with van der Waals surface area (Å²) in [5.41, 5.74) is 2.97. The molecule has 0 atom stereocenters. The Labute approximate surface area is 127 Å². The van der Waals surface area contributed by atoms with Gasteiger partial charge in [-0.15, -0.1) is 0 Å². The maximum Gasteiger partial charge on any atom is 0.222 e. The van der Waals surface area contributed by atoms with E-state index in [4.69, 9.17) is 4.74 Å². The average molecular weight is 290 g/mol. The maximum atomic E-state index is 12.3. The molecule has 2 rings (SSSR count). The molecule has 1 saturated carbocycles. The Hall–Kier alpha value is -1.58. The van der Waals surface area contributed by atoms with Crippen LogP contribution >= 0.6 is 0 Å². The number of aromatic nitrogens is 1. The minimum absolute atomic E-state index is 0.225. The lowest BCUT2D eigenvalue weighted by molar-refractivity contribution is -0.131. The molecule has 0 saturated heterocycles. The van der Waals surface area contributed by atoms with Crippen molar-refractivity contribution in [2.45, 2.75) is 52.5 Å². The second kappa shape index (κ2) is 6.92. The van der Waals surface area contributed by atoms with Crippen molar-refractivity contribution in [3.8, 4) is 5.75 Å². The number of rotatable bonds is 5. The average Bonchev–Trinajstić information content (AvgIpc) is 2.95. The largest absolute Gasteiger partial charge is 0.496 e. The summed E-state index contributed by atoms with van der Waals surface area (Å²) in [6, 6.07) is 0. The number of nitrogens with zero attached hydrogens (tertiary/aromatic N) is 2. The quantitative estimate of drug-likeness (QED) is 0.836. The zero-order valence-electron chi connectivity index (χ0n) is 13.6. The van der Waals surface area contributed by atoms with E-state index in [1.54, 1.807) is 12.0 Å².